The SMILES string of the molecule is [CH]OC(c1ccc(Br)nc1)C(F)(F)F. The number of ether oxygens (including phenoxy) is 1. The van der Waals surface area contributed by atoms with Gasteiger partial charge in [-0.25, -0.2) is 4.98 Å². The van der Waals surface area contributed by atoms with Crippen molar-refractivity contribution in [3.63, 3.8) is 0 Å². The molecule has 2 nitrogen and oxygen atoms in total. The van der Waals surface area contributed by atoms with E-state index >= 15 is 0 Å². The number of aromatic nitrogens is 1. The molecular formula is C8H5BrF3NO. The van der Waals surface area contributed by atoms with Gasteiger partial charge in [-0.05, 0) is 22.0 Å². The van der Waals surface area contributed by atoms with E-state index in [1.165, 1.54) is 12.1 Å². The van der Waals surface area contributed by atoms with Crippen molar-refractivity contribution in [1.29, 1.82) is 0 Å². The van der Waals surface area contributed by atoms with Crippen molar-refractivity contribution in [2.45, 2.75) is 12.3 Å². The summed E-state index contributed by atoms with van der Waals surface area (Å²) in [5.41, 5.74) is -0.136. The number of alkyl halides is 3. The molecule has 0 aliphatic carbocycles. The van der Waals surface area contributed by atoms with Crippen LogP contribution in [0.4, 0.5) is 13.2 Å². The minimum atomic E-state index is -4.54. The number of rotatable bonds is 2. The van der Waals surface area contributed by atoms with Crippen LogP contribution in [0.5, 0.6) is 0 Å². The second-order valence-corrected chi connectivity index (χ2v) is 3.28. The predicted molar refractivity (Wildman–Crippen MR) is 46.1 cm³/mol. The first-order valence-corrected chi connectivity index (χ1v) is 4.28. The topological polar surface area (TPSA) is 22.1 Å². The highest BCUT2D eigenvalue weighted by Gasteiger charge is 2.41. The van der Waals surface area contributed by atoms with Gasteiger partial charge >= 0.3 is 6.18 Å². The largest absolute Gasteiger partial charge is 0.418 e. The molecular weight excluding hydrogens is 263 g/mol. The third-order valence-electron chi connectivity index (χ3n) is 1.49. The lowest BCUT2D eigenvalue weighted by molar-refractivity contribution is -0.210. The molecule has 2 radical (unpaired) electrons. The van der Waals surface area contributed by atoms with Crippen molar-refractivity contribution in [2.24, 2.45) is 0 Å². The molecule has 1 unspecified atom stereocenters. The molecule has 0 saturated heterocycles. The van der Waals surface area contributed by atoms with Crippen LogP contribution in [0.1, 0.15) is 11.7 Å². The van der Waals surface area contributed by atoms with E-state index in [-0.39, 0.29) is 5.56 Å². The van der Waals surface area contributed by atoms with Gasteiger partial charge in [-0.3, -0.25) is 0 Å². The van der Waals surface area contributed by atoms with Gasteiger partial charge in [0, 0.05) is 11.8 Å². The van der Waals surface area contributed by atoms with Crippen LogP contribution in [0.15, 0.2) is 22.9 Å². The Balaban J connectivity index is 2.96. The third-order valence-corrected chi connectivity index (χ3v) is 1.96. The molecule has 0 aliphatic heterocycles. The molecule has 0 bridgehead atoms. The number of nitrogens with zero attached hydrogens (tertiary/aromatic N) is 1. The van der Waals surface area contributed by atoms with Crippen molar-refractivity contribution in [1.82, 2.24) is 4.98 Å². The summed E-state index contributed by atoms with van der Waals surface area (Å²) in [4.78, 5) is 3.64. The first kappa shape index (κ1) is 11.5. The zero-order valence-corrected chi connectivity index (χ0v) is 8.34. The second kappa shape index (κ2) is 4.27. The highest BCUT2D eigenvalue weighted by atomic mass is 79.9. The lowest BCUT2D eigenvalue weighted by atomic mass is 10.1. The van der Waals surface area contributed by atoms with Gasteiger partial charge in [0.25, 0.3) is 0 Å². The predicted octanol–water partition coefficient (Wildman–Crippen LogP) is 3.13. The van der Waals surface area contributed by atoms with E-state index in [0.29, 0.717) is 4.60 Å². The van der Waals surface area contributed by atoms with Gasteiger partial charge in [0.2, 0.25) is 0 Å². The summed E-state index contributed by atoms with van der Waals surface area (Å²) in [5, 5.41) is 0. The number of pyridine rings is 1. The van der Waals surface area contributed by atoms with E-state index in [0.717, 1.165) is 6.20 Å². The minimum absolute atomic E-state index is 0.136. The maximum Gasteiger partial charge on any atom is 0.418 e. The number of halogens is 4. The van der Waals surface area contributed by atoms with Gasteiger partial charge in [-0.2, -0.15) is 13.2 Å². The molecule has 1 heterocycles. The summed E-state index contributed by atoms with van der Waals surface area (Å²) in [6.45, 7) is 0. The molecule has 14 heavy (non-hydrogen) atoms. The average molecular weight is 268 g/mol. The van der Waals surface area contributed by atoms with Crippen molar-refractivity contribution < 1.29 is 17.9 Å². The normalized spacial score (nSPS) is 14.1. The van der Waals surface area contributed by atoms with Gasteiger partial charge in [0.1, 0.15) is 11.7 Å². The first-order chi connectivity index (χ1) is 6.45. The Morgan fingerprint density at radius 3 is 2.43 bits per heavy atom. The molecule has 1 atom stereocenters. The molecule has 1 aromatic heterocycles. The average Bonchev–Trinajstić information content (AvgIpc) is 2.07. The van der Waals surface area contributed by atoms with Crippen LogP contribution in [-0.2, 0) is 4.74 Å². The van der Waals surface area contributed by atoms with Gasteiger partial charge in [0.15, 0.2) is 6.10 Å². The van der Waals surface area contributed by atoms with Gasteiger partial charge in [-0.15, -0.1) is 0 Å². The maximum atomic E-state index is 12.3. The van der Waals surface area contributed by atoms with Crippen molar-refractivity contribution in [2.75, 3.05) is 0 Å². The zero-order valence-electron chi connectivity index (χ0n) is 6.75. The molecule has 0 aliphatic rings. The Bertz CT molecular complexity index is 298. The highest BCUT2D eigenvalue weighted by molar-refractivity contribution is 9.10. The van der Waals surface area contributed by atoms with E-state index in [9.17, 15) is 13.2 Å². The van der Waals surface area contributed by atoms with Crippen LogP contribution in [0, 0.1) is 7.11 Å². The monoisotopic (exact) mass is 267 g/mol. The van der Waals surface area contributed by atoms with E-state index in [1.807, 2.05) is 0 Å². The van der Waals surface area contributed by atoms with Gasteiger partial charge < -0.3 is 4.74 Å². The molecule has 0 spiro atoms. The van der Waals surface area contributed by atoms with Crippen molar-refractivity contribution >= 4 is 15.9 Å². The first-order valence-electron chi connectivity index (χ1n) is 3.49. The summed E-state index contributed by atoms with van der Waals surface area (Å²) in [6, 6.07) is 2.62. The maximum absolute atomic E-state index is 12.3. The Morgan fingerprint density at radius 1 is 1.43 bits per heavy atom. The van der Waals surface area contributed by atoms with E-state index < -0.39 is 12.3 Å². The number of hydrogen-bond donors (Lipinski definition) is 0. The fourth-order valence-corrected chi connectivity index (χ4v) is 1.12. The fraction of sp³-hybridized carbons (Fsp3) is 0.250. The molecule has 0 N–H and O–H groups in total. The lowest BCUT2D eigenvalue weighted by Crippen LogP contribution is -2.21. The molecule has 1 aromatic rings. The van der Waals surface area contributed by atoms with Gasteiger partial charge in [0.05, 0.1) is 0 Å². The lowest BCUT2D eigenvalue weighted by Gasteiger charge is -2.17. The quantitative estimate of drug-likeness (QED) is 0.769. The van der Waals surface area contributed by atoms with Crippen molar-refractivity contribution in [3.05, 3.63) is 35.6 Å². The van der Waals surface area contributed by atoms with Gasteiger partial charge in [-0.1, -0.05) is 6.07 Å². The molecule has 76 valence electrons. The van der Waals surface area contributed by atoms with Crippen LogP contribution in [0.25, 0.3) is 0 Å². The van der Waals surface area contributed by atoms with Crippen LogP contribution in [-0.4, -0.2) is 11.2 Å². The highest BCUT2D eigenvalue weighted by Crippen LogP contribution is 2.35. The molecule has 0 saturated carbocycles. The van der Waals surface area contributed by atoms with Crippen molar-refractivity contribution in [3.8, 4) is 0 Å². The summed E-state index contributed by atoms with van der Waals surface area (Å²) in [6.07, 6.45) is -5.62. The molecule has 1 rings (SSSR count). The van der Waals surface area contributed by atoms with E-state index in [1.54, 1.807) is 0 Å². The van der Waals surface area contributed by atoms with Crippen LogP contribution in [0.2, 0.25) is 0 Å². The Hall–Kier alpha value is -0.620. The minimum Gasteiger partial charge on any atom is -0.355 e. The Labute approximate surface area is 87.2 Å². The summed E-state index contributed by atoms with van der Waals surface area (Å²) in [5.74, 6) is 0. The van der Waals surface area contributed by atoms with Crippen LogP contribution < -0.4 is 0 Å². The summed E-state index contributed by atoms with van der Waals surface area (Å²) < 4.78 is 41.1. The molecule has 0 aromatic carbocycles. The number of hydrogen-bond acceptors (Lipinski definition) is 2. The summed E-state index contributed by atoms with van der Waals surface area (Å²) in [7, 11) is 4.57. The molecule has 6 heteroatoms. The van der Waals surface area contributed by atoms with E-state index in [2.05, 4.69) is 32.8 Å². The standard InChI is InChI=1S/C8H5BrF3NO/c1-14-7(8(10,11)12)5-2-3-6(9)13-4-5/h1-4,7H. The zero-order chi connectivity index (χ0) is 10.8. The fourth-order valence-electron chi connectivity index (χ4n) is 0.887. The smallest absolute Gasteiger partial charge is 0.355 e. The summed E-state index contributed by atoms with van der Waals surface area (Å²) >= 11 is 3.00. The second-order valence-electron chi connectivity index (χ2n) is 2.47. The van der Waals surface area contributed by atoms with E-state index in [4.69, 9.17) is 0 Å². The third kappa shape index (κ3) is 2.68. The van der Waals surface area contributed by atoms with Crippen LogP contribution in [0.3, 0.4) is 0 Å². The molecule has 0 fully saturated rings. The van der Waals surface area contributed by atoms with Crippen LogP contribution >= 0.6 is 15.9 Å². The molecule has 0 amide bonds. The Morgan fingerprint density at radius 2 is 2.07 bits per heavy atom. The Kier molecular flexibility index (Phi) is 3.49.